The molecule has 132 valence electrons. The van der Waals surface area contributed by atoms with Crippen molar-refractivity contribution in [3.8, 4) is 18.2 Å². The molecule has 2 heterocycles. The molecule has 3 atom stereocenters. The SMILES string of the molecule is N#CC1=CN2[C@H](C(=O)C3CC3)[C@H](c3ccccc3Cl)C(C#N)(C#N)[C@@H]2C=C1. The van der Waals surface area contributed by atoms with Crippen molar-refractivity contribution in [2.45, 2.75) is 30.8 Å². The number of ketones is 1. The van der Waals surface area contributed by atoms with Crippen LogP contribution in [0.4, 0.5) is 0 Å². The van der Waals surface area contributed by atoms with Gasteiger partial charge in [-0.05, 0) is 30.5 Å². The minimum Gasteiger partial charge on any atom is -0.356 e. The summed E-state index contributed by atoms with van der Waals surface area (Å²) in [6.07, 6.45) is 6.54. The number of fused-ring (bicyclic) bond motifs is 1. The Hall–Kier alpha value is -3.07. The van der Waals surface area contributed by atoms with Gasteiger partial charge in [-0.2, -0.15) is 15.8 Å². The van der Waals surface area contributed by atoms with E-state index in [0.29, 0.717) is 16.2 Å². The Kier molecular flexibility index (Phi) is 4.03. The van der Waals surface area contributed by atoms with E-state index in [9.17, 15) is 20.6 Å². The van der Waals surface area contributed by atoms with Gasteiger partial charge < -0.3 is 4.90 Å². The van der Waals surface area contributed by atoms with Crippen LogP contribution in [0.1, 0.15) is 24.3 Å². The maximum Gasteiger partial charge on any atom is 0.176 e. The lowest BCUT2D eigenvalue weighted by atomic mass is 9.69. The standard InChI is InChI=1S/C21H15ClN4O/c22-16-4-2-1-3-15(16)18-19(20(27)14-6-7-14)26-10-13(9-23)5-8-17(26)21(18,11-24)12-25/h1-5,8,10,14,17-19H,6-7H2/t17-,18-,19-/m0/s1. The molecule has 27 heavy (non-hydrogen) atoms. The van der Waals surface area contributed by atoms with Gasteiger partial charge in [0.1, 0.15) is 6.07 Å². The molecule has 4 rings (SSSR count). The first-order valence-electron chi connectivity index (χ1n) is 8.75. The average molecular weight is 375 g/mol. The van der Waals surface area contributed by atoms with Crippen LogP contribution in [0.5, 0.6) is 0 Å². The molecule has 2 aliphatic heterocycles. The summed E-state index contributed by atoms with van der Waals surface area (Å²) in [7, 11) is 0. The molecular formula is C21H15ClN4O. The summed E-state index contributed by atoms with van der Waals surface area (Å²) in [6.45, 7) is 0. The Balaban J connectivity index is 1.96. The van der Waals surface area contributed by atoms with E-state index >= 15 is 0 Å². The molecule has 2 fully saturated rings. The number of nitriles is 3. The van der Waals surface area contributed by atoms with Crippen molar-refractivity contribution in [2.24, 2.45) is 11.3 Å². The van der Waals surface area contributed by atoms with Gasteiger partial charge >= 0.3 is 0 Å². The fourth-order valence-corrected chi connectivity index (χ4v) is 4.50. The number of nitrogens with zero attached hydrogens (tertiary/aromatic N) is 4. The van der Waals surface area contributed by atoms with Gasteiger partial charge in [0.15, 0.2) is 11.2 Å². The zero-order chi connectivity index (χ0) is 19.2. The second-order valence-corrected chi connectivity index (χ2v) is 7.57. The van der Waals surface area contributed by atoms with Crippen LogP contribution < -0.4 is 0 Å². The Labute approximate surface area is 162 Å². The highest BCUT2D eigenvalue weighted by Crippen LogP contribution is 2.55. The van der Waals surface area contributed by atoms with Crippen molar-refractivity contribution in [1.29, 1.82) is 15.8 Å². The molecule has 5 nitrogen and oxygen atoms in total. The molecular weight excluding hydrogens is 360 g/mol. The molecule has 1 saturated carbocycles. The Morgan fingerprint density at radius 2 is 1.89 bits per heavy atom. The van der Waals surface area contributed by atoms with Crippen molar-refractivity contribution >= 4 is 17.4 Å². The number of hydrogen-bond acceptors (Lipinski definition) is 5. The zero-order valence-electron chi connectivity index (χ0n) is 14.3. The number of allylic oxidation sites excluding steroid dienone is 2. The topological polar surface area (TPSA) is 91.7 Å². The van der Waals surface area contributed by atoms with Gasteiger partial charge in [0.25, 0.3) is 0 Å². The van der Waals surface area contributed by atoms with Crippen molar-refractivity contribution in [3.05, 3.63) is 58.8 Å². The van der Waals surface area contributed by atoms with Crippen LogP contribution in [0.15, 0.2) is 48.2 Å². The molecule has 3 aliphatic rings. The largest absolute Gasteiger partial charge is 0.356 e. The summed E-state index contributed by atoms with van der Waals surface area (Å²) in [5.74, 6) is -0.738. The molecule has 0 amide bonds. The van der Waals surface area contributed by atoms with Gasteiger partial charge in [0.05, 0.1) is 29.8 Å². The number of carbonyl (C=O) groups excluding carboxylic acids is 1. The third-order valence-electron chi connectivity index (χ3n) is 5.67. The van der Waals surface area contributed by atoms with E-state index in [1.807, 2.05) is 0 Å². The highest BCUT2D eigenvalue weighted by atomic mass is 35.5. The molecule has 1 aromatic carbocycles. The van der Waals surface area contributed by atoms with E-state index < -0.39 is 23.4 Å². The lowest BCUT2D eigenvalue weighted by Gasteiger charge is -2.30. The fraction of sp³-hybridized carbons (Fsp3) is 0.333. The molecule has 1 aromatic rings. The Bertz CT molecular complexity index is 988. The number of halogens is 1. The number of hydrogen-bond donors (Lipinski definition) is 0. The van der Waals surface area contributed by atoms with Gasteiger partial charge in [0.2, 0.25) is 0 Å². The number of rotatable bonds is 3. The fourth-order valence-electron chi connectivity index (χ4n) is 4.25. The molecule has 6 heteroatoms. The minimum atomic E-state index is -1.48. The Morgan fingerprint density at radius 3 is 2.48 bits per heavy atom. The van der Waals surface area contributed by atoms with Crippen LogP contribution in [0.3, 0.4) is 0 Å². The molecule has 1 aliphatic carbocycles. The second kappa shape index (κ2) is 6.27. The number of carbonyl (C=O) groups is 1. The highest BCUT2D eigenvalue weighted by molar-refractivity contribution is 6.31. The first-order valence-corrected chi connectivity index (χ1v) is 9.13. The van der Waals surface area contributed by atoms with E-state index in [0.717, 1.165) is 12.8 Å². The minimum absolute atomic E-state index is 0.0149. The molecule has 0 bridgehead atoms. The Morgan fingerprint density at radius 1 is 1.19 bits per heavy atom. The van der Waals surface area contributed by atoms with Crippen molar-refractivity contribution in [3.63, 3.8) is 0 Å². The van der Waals surface area contributed by atoms with E-state index in [1.54, 1.807) is 47.5 Å². The lowest BCUT2D eigenvalue weighted by Crippen LogP contribution is -2.40. The van der Waals surface area contributed by atoms with Crippen molar-refractivity contribution in [2.75, 3.05) is 0 Å². The van der Waals surface area contributed by atoms with Crippen LogP contribution in [0.2, 0.25) is 5.02 Å². The van der Waals surface area contributed by atoms with Crippen LogP contribution in [0.25, 0.3) is 0 Å². The maximum absolute atomic E-state index is 13.2. The lowest BCUT2D eigenvalue weighted by molar-refractivity contribution is -0.124. The van der Waals surface area contributed by atoms with Crippen molar-refractivity contribution in [1.82, 2.24) is 4.90 Å². The number of benzene rings is 1. The summed E-state index contributed by atoms with van der Waals surface area (Å²) in [5, 5.41) is 29.9. The van der Waals surface area contributed by atoms with Crippen LogP contribution in [0, 0.1) is 45.3 Å². The van der Waals surface area contributed by atoms with E-state index in [-0.39, 0.29) is 11.7 Å². The summed E-state index contributed by atoms with van der Waals surface area (Å²) >= 11 is 6.43. The first kappa shape index (κ1) is 17.3. The molecule has 0 aromatic heterocycles. The van der Waals surface area contributed by atoms with E-state index in [2.05, 4.69) is 18.2 Å². The van der Waals surface area contributed by atoms with Gasteiger partial charge in [-0.3, -0.25) is 4.79 Å². The van der Waals surface area contributed by atoms with Gasteiger partial charge in [0, 0.05) is 23.1 Å². The van der Waals surface area contributed by atoms with Gasteiger partial charge in [-0.15, -0.1) is 0 Å². The monoisotopic (exact) mass is 374 g/mol. The third-order valence-corrected chi connectivity index (χ3v) is 6.02. The quantitative estimate of drug-likeness (QED) is 0.807. The van der Waals surface area contributed by atoms with Crippen LogP contribution in [-0.4, -0.2) is 22.8 Å². The highest BCUT2D eigenvalue weighted by Gasteiger charge is 2.63. The smallest absolute Gasteiger partial charge is 0.176 e. The number of Topliss-reactive ketones (excluding diaryl/α,β-unsaturated/α-hetero) is 1. The summed E-state index contributed by atoms with van der Waals surface area (Å²) in [5.41, 5.74) is -0.464. The summed E-state index contributed by atoms with van der Waals surface area (Å²) in [6, 6.07) is 12.2. The van der Waals surface area contributed by atoms with Crippen LogP contribution in [-0.2, 0) is 4.79 Å². The molecule has 0 N–H and O–H groups in total. The summed E-state index contributed by atoms with van der Waals surface area (Å²) in [4.78, 5) is 15.0. The van der Waals surface area contributed by atoms with Gasteiger partial charge in [-0.25, -0.2) is 0 Å². The third kappa shape index (κ3) is 2.46. The normalized spacial score (nSPS) is 27.7. The maximum atomic E-state index is 13.2. The summed E-state index contributed by atoms with van der Waals surface area (Å²) < 4.78 is 0. The predicted molar refractivity (Wildman–Crippen MR) is 97.8 cm³/mol. The van der Waals surface area contributed by atoms with E-state index in [1.165, 1.54) is 0 Å². The average Bonchev–Trinajstić information content (AvgIpc) is 3.50. The van der Waals surface area contributed by atoms with Gasteiger partial charge in [-0.1, -0.05) is 35.9 Å². The van der Waals surface area contributed by atoms with E-state index in [4.69, 9.17) is 11.6 Å². The molecule has 0 unspecified atom stereocenters. The van der Waals surface area contributed by atoms with Crippen molar-refractivity contribution < 1.29 is 4.79 Å². The predicted octanol–water partition coefficient (Wildman–Crippen LogP) is 3.47. The second-order valence-electron chi connectivity index (χ2n) is 7.16. The zero-order valence-corrected chi connectivity index (χ0v) is 15.1. The van der Waals surface area contributed by atoms with Crippen LogP contribution >= 0.6 is 11.6 Å². The molecule has 0 spiro atoms. The molecule has 0 radical (unpaired) electrons. The molecule has 1 saturated heterocycles. The first-order chi connectivity index (χ1) is 13.1.